The zero-order chi connectivity index (χ0) is 19.2. The van der Waals surface area contributed by atoms with Crippen molar-refractivity contribution < 1.29 is 4.11 Å². The molecule has 2 aromatic heterocycles. The number of hydrogen-bond donors (Lipinski definition) is 1. The van der Waals surface area contributed by atoms with Gasteiger partial charge in [-0.25, -0.2) is 9.78 Å². The minimum absolute atomic E-state index is 0.0614. The van der Waals surface area contributed by atoms with Crippen LogP contribution in [0.4, 0.5) is 5.82 Å². The summed E-state index contributed by atoms with van der Waals surface area (Å²) in [5.74, 6) is 0.466. The maximum atomic E-state index is 12.5. The van der Waals surface area contributed by atoms with E-state index in [2.05, 4.69) is 15.3 Å². The third-order valence-corrected chi connectivity index (χ3v) is 4.21. The van der Waals surface area contributed by atoms with E-state index in [4.69, 9.17) is 9.37 Å². The molecule has 0 amide bonds. The van der Waals surface area contributed by atoms with E-state index in [1.807, 2.05) is 24.8 Å². The minimum atomic E-state index is -2.56. The number of rotatable bonds is 2. The normalized spacial score (nSPS) is 24.1. The molecular weight excluding hydrogens is 294 g/mol. The Hall–Kier alpha value is -2.40. The maximum Gasteiger partial charge on any atom is 0.350 e. The predicted octanol–water partition coefficient (Wildman–Crippen LogP) is -0.0803. The molecule has 0 aliphatic carbocycles. The molecule has 2 atom stereocenters. The van der Waals surface area contributed by atoms with E-state index in [1.54, 1.807) is 0 Å². The lowest BCUT2D eigenvalue weighted by Crippen LogP contribution is -2.55. The molecule has 0 saturated carbocycles. The monoisotopic (exact) mass is 318 g/mol. The van der Waals surface area contributed by atoms with E-state index in [0.717, 1.165) is 4.57 Å². The fraction of sp³-hybridized carbons (Fsp3) is 0.600. The first-order chi connectivity index (χ1) is 12.1. The lowest BCUT2D eigenvalue weighted by Gasteiger charge is -2.38. The van der Waals surface area contributed by atoms with Crippen LogP contribution in [0.5, 0.6) is 0 Å². The first kappa shape index (κ1) is 12.1. The summed E-state index contributed by atoms with van der Waals surface area (Å²) in [4.78, 5) is 23.0. The van der Waals surface area contributed by atoms with Gasteiger partial charge in [0, 0.05) is 43.3 Å². The van der Waals surface area contributed by atoms with Crippen molar-refractivity contribution in [2.45, 2.75) is 32.4 Å². The first-order valence-electron chi connectivity index (χ1n) is 9.01. The van der Waals surface area contributed by atoms with E-state index in [9.17, 15) is 4.79 Å². The Labute approximate surface area is 138 Å². The average molecular weight is 318 g/mol. The lowest BCUT2D eigenvalue weighted by molar-refractivity contribution is 0.423. The van der Waals surface area contributed by atoms with Crippen molar-refractivity contribution in [3.63, 3.8) is 0 Å². The second kappa shape index (κ2) is 5.66. The summed E-state index contributed by atoms with van der Waals surface area (Å²) >= 11 is 0. The van der Waals surface area contributed by atoms with Crippen LogP contribution in [0.2, 0.25) is 0 Å². The van der Waals surface area contributed by atoms with Gasteiger partial charge in [0.2, 0.25) is 0 Å². The summed E-state index contributed by atoms with van der Waals surface area (Å²) in [5, 5.41) is 12.4. The number of piperazine rings is 1. The van der Waals surface area contributed by atoms with Crippen LogP contribution in [-0.4, -0.2) is 44.3 Å². The van der Waals surface area contributed by atoms with Gasteiger partial charge in [0.25, 0.3) is 0 Å². The van der Waals surface area contributed by atoms with Crippen LogP contribution >= 0.6 is 0 Å². The summed E-state index contributed by atoms with van der Waals surface area (Å²) in [5.41, 5.74) is -0.0714. The highest BCUT2D eigenvalue weighted by molar-refractivity contribution is 5.84. The molecule has 0 radical (unpaired) electrons. The molecule has 8 heteroatoms. The first-order valence-corrected chi connectivity index (χ1v) is 7.51. The van der Waals surface area contributed by atoms with E-state index in [-0.39, 0.29) is 30.0 Å². The number of hydrogen-bond acceptors (Lipinski definition) is 6. The summed E-state index contributed by atoms with van der Waals surface area (Å²) in [6, 6.07) is 2.19. The minimum Gasteiger partial charge on any atom is -0.349 e. The van der Waals surface area contributed by atoms with Crippen LogP contribution in [0, 0.1) is 11.3 Å². The predicted molar refractivity (Wildman–Crippen MR) is 87.3 cm³/mol. The number of nitrogens with zero attached hydrogens (tertiary/aromatic N) is 6. The average Bonchev–Trinajstić information content (AvgIpc) is 2.93. The fourth-order valence-electron chi connectivity index (χ4n) is 2.93. The number of imidazole rings is 1. The van der Waals surface area contributed by atoms with Gasteiger partial charge in [0.1, 0.15) is 17.0 Å². The van der Waals surface area contributed by atoms with Crippen molar-refractivity contribution in [3.05, 3.63) is 16.3 Å². The lowest BCUT2D eigenvalue weighted by atomic mass is 10.1. The van der Waals surface area contributed by atoms with Gasteiger partial charge in [-0.2, -0.15) is 10.2 Å². The van der Waals surface area contributed by atoms with E-state index < -0.39 is 12.7 Å². The van der Waals surface area contributed by atoms with Crippen LogP contribution in [0.25, 0.3) is 11.2 Å². The van der Waals surface area contributed by atoms with Crippen molar-refractivity contribution in [2.24, 2.45) is 14.0 Å². The van der Waals surface area contributed by atoms with Crippen LogP contribution in [0.1, 0.15) is 23.8 Å². The molecule has 1 aliphatic heterocycles. The highest BCUT2D eigenvalue weighted by Gasteiger charge is 2.28. The molecule has 3 heterocycles. The van der Waals surface area contributed by atoms with Gasteiger partial charge in [0.15, 0.2) is 5.82 Å². The zero-order valence-electron chi connectivity index (χ0n) is 16.4. The third-order valence-electron chi connectivity index (χ3n) is 4.21. The quantitative estimate of drug-likeness (QED) is 0.833. The number of anilines is 1. The summed E-state index contributed by atoms with van der Waals surface area (Å²) in [6.45, 7) is 2.79. The molecule has 0 unspecified atom stereocenters. The van der Waals surface area contributed by atoms with Crippen molar-refractivity contribution >= 4 is 17.0 Å². The molecule has 1 N–H and O–H groups in total. The molecule has 3 rings (SSSR count). The Morgan fingerprint density at radius 3 is 2.91 bits per heavy atom. The number of aromatic nitrogens is 4. The molecule has 23 heavy (non-hydrogen) atoms. The van der Waals surface area contributed by atoms with Crippen molar-refractivity contribution in [1.82, 2.24) is 24.4 Å². The Balaban J connectivity index is 2.34. The van der Waals surface area contributed by atoms with Crippen molar-refractivity contribution in [2.75, 3.05) is 18.0 Å². The van der Waals surface area contributed by atoms with Gasteiger partial charge in [-0.1, -0.05) is 0 Å². The number of nitrogens with one attached hydrogen (secondary N) is 1. The summed E-state index contributed by atoms with van der Waals surface area (Å²) in [6.07, 6.45) is -0.172. The standard InChI is InChI=1S/C15H21N7O/c1-9-8-22(10(2)7-17-9)13-12-14(21(4)15(23)19-13)20(3)11(18-12)5-6-16/h9-10,17H,5,7-8H2,1-4H3/t9-,10+/m1/s1/i3D3. The molecule has 1 aliphatic rings. The van der Waals surface area contributed by atoms with Crippen LogP contribution in [-0.2, 0) is 20.4 Å². The smallest absolute Gasteiger partial charge is 0.349 e. The Morgan fingerprint density at radius 1 is 1.43 bits per heavy atom. The van der Waals surface area contributed by atoms with E-state index in [1.165, 1.54) is 11.6 Å². The number of aryl methyl sites for hydroxylation is 2. The molecular formula is C15H21N7O. The highest BCUT2D eigenvalue weighted by Crippen LogP contribution is 2.25. The van der Waals surface area contributed by atoms with Crippen LogP contribution < -0.4 is 15.9 Å². The van der Waals surface area contributed by atoms with Gasteiger partial charge < -0.3 is 14.8 Å². The molecule has 122 valence electrons. The molecule has 2 aromatic rings. The SMILES string of the molecule is [2H]C([2H])([2H])n1c(CC#N)nc2c(N3C[C@@H](C)NC[C@@H]3C)nc(=O)n(C)c21. The largest absolute Gasteiger partial charge is 0.350 e. The van der Waals surface area contributed by atoms with Crippen LogP contribution in [0.15, 0.2) is 4.79 Å². The zero-order valence-corrected chi connectivity index (χ0v) is 13.4. The maximum absolute atomic E-state index is 12.5. The summed E-state index contributed by atoms with van der Waals surface area (Å²) in [7, 11) is 1.46. The number of nitriles is 1. The van der Waals surface area contributed by atoms with Gasteiger partial charge in [-0.15, -0.1) is 0 Å². The van der Waals surface area contributed by atoms with Crippen LogP contribution in [0.3, 0.4) is 0 Å². The van der Waals surface area contributed by atoms with Gasteiger partial charge in [0.05, 0.1) is 12.5 Å². The number of fused-ring (bicyclic) bond motifs is 1. The third kappa shape index (κ3) is 2.47. The van der Waals surface area contributed by atoms with Gasteiger partial charge in [-0.05, 0) is 13.8 Å². The second-order valence-corrected chi connectivity index (χ2v) is 5.96. The highest BCUT2D eigenvalue weighted by atomic mass is 16.1. The second-order valence-electron chi connectivity index (χ2n) is 5.96. The Bertz CT molecular complexity index is 940. The molecule has 1 saturated heterocycles. The van der Waals surface area contributed by atoms with Gasteiger partial charge >= 0.3 is 5.69 Å². The van der Waals surface area contributed by atoms with Crippen molar-refractivity contribution in [3.8, 4) is 6.07 Å². The Kier molecular flexibility index (Phi) is 2.97. The molecule has 0 spiro atoms. The molecule has 8 nitrogen and oxygen atoms in total. The Morgan fingerprint density at radius 2 is 2.22 bits per heavy atom. The summed E-state index contributed by atoms with van der Waals surface area (Å²) < 4.78 is 25.7. The van der Waals surface area contributed by atoms with Crippen molar-refractivity contribution in [1.29, 1.82) is 5.26 Å². The topological polar surface area (TPSA) is 91.8 Å². The molecule has 0 bridgehead atoms. The van der Waals surface area contributed by atoms with E-state index in [0.29, 0.717) is 24.4 Å². The molecule has 0 aromatic carbocycles. The van der Waals surface area contributed by atoms with E-state index >= 15 is 0 Å². The van der Waals surface area contributed by atoms with Gasteiger partial charge in [-0.3, -0.25) is 4.57 Å². The fourth-order valence-corrected chi connectivity index (χ4v) is 2.93. The molecule has 1 fully saturated rings.